The first-order chi connectivity index (χ1) is 9.33. The molecule has 1 saturated carbocycles. The van der Waals surface area contributed by atoms with Crippen molar-refractivity contribution < 1.29 is 4.79 Å². The van der Waals surface area contributed by atoms with Crippen LogP contribution >= 0.6 is 11.8 Å². The Morgan fingerprint density at radius 1 is 1.16 bits per heavy atom. The zero-order chi connectivity index (χ0) is 13.1. The Kier molecular flexibility index (Phi) is 4.69. The van der Waals surface area contributed by atoms with E-state index in [1.165, 1.54) is 50.0 Å². The summed E-state index contributed by atoms with van der Waals surface area (Å²) in [5.74, 6) is 3.57. The van der Waals surface area contributed by atoms with Crippen molar-refractivity contribution in [2.75, 3.05) is 24.6 Å². The van der Waals surface area contributed by atoms with Gasteiger partial charge in [0, 0.05) is 31.6 Å². The maximum absolute atomic E-state index is 12.1. The van der Waals surface area contributed by atoms with Gasteiger partial charge in [-0.1, -0.05) is 12.8 Å². The molecule has 3 rings (SSSR count). The average molecular weight is 282 g/mol. The number of thioether (sulfide) groups is 1. The van der Waals surface area contributed by atoms with Crippen molar-refractivity contribution in [3.63, 3.8) is 0 Å². The monoisotopic (exact) mass is 282 g/mol. The lowest BCUT2D eigenvalue weighted by Crippen LogP contribution is -2.38. The minimum absolute atomic E-state index is 0.415. The van der Waals surface area contributed by atoms with Gasteiger partial charge in [0.25, 0.3) is 0 Å². The fraction of sp³-hybridized carbons (Fsp3) is 0.933. The summed E-state index contributed by atoms with van der Waals surface area (Å²) in [6.07, 6.45) is 8.51. The normalized spacial score (nSPS) is 30.4. The van der Waals surface area contributed by atoms with Crippen molar-refractivity contribution in [3.8, 4) is 0 Å². The van der Waals surface area contributed by atoms with Gasteiger partial charge < -0.3 is 10.2 Å². The van der Waals surface area contributed by atoms with Crippen molar-refractivity contribution in [3.05, 3.63) is 0 Å². The summed E-state index contributed by atoms with van der Waals surface area (Å²) in [6.45, 7) is 2.06. The Labute approximate surface area is 120 Å². The van der Waals surface area contributed by atoms with Gasteiger partial charge in [0.05, 0.1) is 0 Å². The second kappa shape index (κ2) is 6.49. The lowest BCUT2D eigenvalue weighted by Gasteiger charge is -2.26. The van der Waals surface area contributed by atoms with E-state index in [2.05, 4.69) is 22.0 Å². The van der Waals surface area contributed by atoms with Gasteiger partial charge in [-0.15, -0.1) is 0 Å². The van der Waals surface area contributed by atoms with E-state index >= 15 is 0 Å². The Hall–Kier alpha value is -0.220. The van der Waals surface area contributed by atoms with Crippen LogP contribution < -0.4 is 5.32 Å². The number of rotatable bonds is 4. The Bertz CT molecular complexity index is 311. The fourth-order valence-corrected chi connectivity index (χ4v) is 4.86. The van der Waals surface area contributed by atoms with Crippen molar-refractivity contribution in [1.29, 1.82) is 0 Å². The van der Waals surface area contributed by atoms with Crippen LogP contribution in [-0.2, 0) is 4.79 Å². The van der Waals surface area contributed by atoms with Gasteiger partial charge in [-0.2, -0.15) is 11.8 Å². The molecule has 0 spiro atoms. The quantitative estimate of drug-likeness (QED) is 0.858. The summed E-state index contributed by atoms with van der Waals surface area (Å²) in [4.78, 5) is 14.3. The molecule has 3 fully saturated rings. The van der Waals surface area contributed by atoms with E-state index < -0.39 is 0 Å². The summed E-state index contributed by atoms with van der Waals surface area (Å²) < 4.78 is 0. The summed E-state index contributed by atoms with van der Waals surface area (Å²) >= 11 is 2.07. The number of carbonyl (C=O) groups is 1. The largest absolute Gasteiger partial charge is 0.339 e. The van der Waals surface area contributed by atoms with Crippen LogP contribution in [0.3, 0.4) is 0 Å². The molecule has 1 atom stereocenters. The number of amides is 1. The van der Waals surface area contributed by atoms with Gasteiger partial charge in [-0.25, -0.2) is 0 Å². The van der Waals surface area contributed by atoms with Crippen molar-refractivity contribution >= 4 is 17.7 Å². The number of nitrogens with zero attached hydrogens (tertiary/aromatic N) is 1. The highest BCUT2D eigenvalue weighted by atomic mass is 32.2. The van der Waals surface area contributed by atoms with Gasteiger partial charge in [0.1, 0.15) is 0 Å². The molecule has 2 saturated heterocycles. The van der Waals surface area contributed by atoms with Crippen LogP contribution in [0.4, 0.5) is 0 Å². The van der Waals surface area contributed by atoms with Gasteiger partial charge >= 0.3 is 0 Å². The molecule has 1 amide bonds. The summed E-state index contributed by atoms with van der Waals surface area (Å²) in [5.41, 5.74) is 0. The molecule has 1 N–H and O–H groups in total. The molecular formula is C15H26N2OS. The standard InChI is InChI=1S/C15H26N2OS/c18-15-9-12(10-16-13-5-7-19-8-6-13)11-17(15)14-3-1-2-4-14/h12-14,16H,1-11H2. The van der Waals surface area contributed by atoms with Crippen LogP contribution in [0.2, 0.25) is 0 Å². The number of hydrogen-bond donors (Lipinski definition) is 1. The second-order valence-corrected chi connectivity index (χ2v) is 7.57. The molecule has 0 aromatic heterocycles. The molecule has 19 heavy (non-hydrogen) atoms. The maximum atomic E-state index is 12.1. The molecule has 3 nitrogen and oxygen atoms in total. The van der Waals surface area contributed by atoms with Crippen LogP contribution in [0.15, 0.2) is 0 Å². The molecule has 0 aromatic rings. The highest BCUT2D eigenvalue weighted by Gasteiger charge is 2.35. The molecule has 0 radical (unpaired) electrons. The molecule has 3 aliphatic rings. The van der Waals surface area contributed by atoms with E-state index in [1.54, 1.807) is 0 Å². The summed E-state index contributed by atoms with van der Waals surface area (Å²) in [5, 5.41) is 3.70. The number of nitrogens with one attached hydrogen (secondary N) is 1. The van der Waals surface area contributed by atoms with Crippen molar-refractivity contribution in [2.45, 2.75) is 57.0 Å². The first-order valence-electron chi connectivity index (χ1n) is 7.93. The van der Waals surface area contributed by atoms with Gasteiger partial charge in [0.15, 0.2) is 0 Å². The fourth-order valence-electron chi connectivity index (χ4n) is 3.75. The third-order valence-corrected chi connectivity index (χ3v) is 5.97. The lowest BCUT2D eigenvalue weighted by atomic mass is 10.1. The first kappa shape index (κ1) is 13.7. The van der Waals surface area contributed by atoms with Crippen LogP contribution in [0.5, 0.6) is 0 Å². The Morgan fingerprint density at radius 2 is 1.89 bits per heavy atom. The molecular weight excluding hydrogens is 256 g/mol. The van der Waals surface area contributed by atoms with Gasteiger partial charge in [0.2, 0.25) is 5.91 Å². The zero-order valence-electron chi connectivity index (χ0n) is 11.8. The molecule has 0 aromatic carbocycles. The highest BCUT2D eigenvalue weighted by Crippen LogP contribution is 2.29. The van der Waals surface area contributed by atoms with E-state index in [9.17, 15) is 4.79 Å². The van der Waals surface area contributed by atoms with E-state index in [0.717, 1.165) is 19.5 Å². The first-order valence-corrected chi connectivity index (χ1v) is 9.09. The summed E-state index contributed by atoms with van der Waals surface area (Å²) in [6, 6.07) is 1.28. The minimum Gasteiger partial charge on any atom is -0.339 e. The van der Waals surface area contributed by atoms with E-state index in [-0.39, 0.29) is 0 Å². The number of carbonyl (C=O) groups excluding carboxylic acids is 1. The maximum Gasteiger partial charge on any atom is 0.223 e. The zero-order valence-corrected chi connectivity index (χ0v) is 12.6. The SMILES string of the molecule is O=C1CC(CNC2CCSCC2)CN1C1CCCC1. The molecule has 0 bridgehead atoms. The molecule has 1 unspecified atom stereocenters. The molecule has 2 heterocycles. The smallest absolute Gasteiger partial charge is 0.223 e. The minimum atomic E-state index is 0.415. The van der Waals surface area contributed by atoms with Gasteiger partial charge in [-0.3, -0.25) is 4.79 Å². The van der Waals surface area contributed by atoms with Crippen molar-refractivity contribution in [2.24, 2.45) is 5.92 Å². The van der Waals surface area contributed by atoms with E-state index in [0.29, 0.717) is 23.9 Å². The highest BCUT2D eigenvalue weighted by molar-refractivity contribution is 7.99. The Balaban J connectivity index is 1.43. The van der Waals surface area contributed by atoms with Crippen LogP contribution in [0, 0.1) is 5.92 Å². The summed E-state index contributed by atoms with van der Waals surface area (Å²) in [7, 11) is 0. The second-order valence-electron chi connectivity index (χ2n) is 6.35. The Morgan fingerprint density at radius 3 is 2.63 bits per heavy atom. The topological polar surface area (TPSA) is 32.3 Å². The van der Waals surface area contributed by atoms with Crippen LogP contribution in [-0.4, -0.2) is 47.5 Å². The third-order valence-electron chi connectivity index (χ3n) is 4.92. The van der Waals surface area contributed by atoms with Crippen LogP contribution in [0.25, 0.3) is 0 Å². The number of hydrogen-bond acceptors (Lipinski definition) is 3. The molecule has 1 aliphatic carbocycles. The predicted octanol–water partition coefficient (Wildman–Crippen LogP) is 2.26. The predicted molar refractivity (Wildman–Crippen MR) is 80.4 cm³/mol. The molecule has 2 aliphatic heterocycles. The lowest BCUT2D eigenvalue weighted by molar-refractivity contribution is -0.129. The number of likely N-dealkylation sites (tertiary alicyclic amines) is 1. The third kappa shape index (κ3) is 3.46. The molecule has 4 heteroatoms. The van der Waals surface area contributed by atoms with Gasteiger partial charge in [-0.05, 0) is 43.1 Å². The van der Waals surface area contributed by atoms with E-state index in [4.69, 9.17) is 0 Å². The van der Waals surface area contributed by atoms with Crippen LogP contribution in [0.1, 0.15) is 44.9 Å². The van der Waals surface area contributed by atoms with E-state index in [1.807, 2.05) is 0 Å². The van der Waals surface area contributed by atoms with Crippen molar-refractivity contribution in [1.82, 2.24) is 10.2 Å². The molecule has 108 valence electrons. The average Bonchev–Trinajstić information content (AvgIpc) is 3.07.